The molecule has 0 aliphatic heterocycles. The summed E-state index contributed by atoms with van der Waals surface area (Å²) in [6.45, 7) is 7.91. The first kappa shape index (κ1) is 18.5. The molecule has 0 spiro atoms. The highest BCUT2D eigenvalue weighted by Crippen LogP contribution is 2.39. The van der Waals surface area contributed by atoms with Gasteiger partial charge in [-0.25, -0.2) is 4.79 Å². The molecule has 0 saturated heterocycles. The molecule has 1 aromatic rings. The lowest BCUT2D eigenvalue weighted by atomic mass is 9.92. The summed E-state index contributed by atoms with van der Waals surface area (Å²) in [4.78, 5) is 14.0. The molecule has 4 nitrogen and oxygen atoms in total. The average Bonchev–Trinajstić information content (AvgIpc) is 3.00. The summed E-state index contributed by atoms with van der Waals surface area (Å²) in [5, 5.41) is 10.6. The molecule has 0 aromatic heterocycles. The molecule has 2 rings (SSSR count). The zero-order valence-electron chi connectivity index (χ0n) is 15.1. The lowest BCUT2D eigenvalue weighted by Gasteiger charge is -2.29. The van der Waals surface area contributed by atoms with E-state index in [4.69, 9.17) is 4.74 Å². The van der Waals surface area contributed by atoms with Gasteiger partial charge in [-0.15, -0.1) is 0 Å². The van der Waals surface area contributed by atoms with Crippen LogP contribution in [0.15, 0.2) is 42.2 Å². The first-order chi connectivity index (χ1) is 11.4. The number of nitrogens with zero attached hydrogens (tertiary/aromatic N) is 1. The third kappa shape index (κ3) is 4.38. The number of rotatable bonds is 5. The van der Waals surface area contributed by atoms with Crippen LogP contribution in [0.1, 0.15) is 58.6 Å². The average molecular weight is 331 g/mol. The van der Waals surface area contributed by atoms with Gasteiger partial charge >= 0.3 is 6.09 Å². The molecule has 1 saturated carbocycles. The number of benzene rings is 1. The number of ether oxygens (including phenoxy) is 1. The van der Waals surface area contributed by atoms with Gasteiger partial charge in [0, 0.05) is 18.0 Å². The fourth-order valence-electron chi connectivity index (χ4n) is 3.49. The van der Waals surface area contributed by atoms with Gasteiger partial charge in [0.1, 0.15) is 0 Å². The van der Waals surface area contributed by atoms with Gasteiger partial charge in [0.2, 0.25) is 0 Å². The van der Waals surface area contributed by atoms with Crippen LogP contribution in [0, 0.1) is 5.92 Å². The number of hydrogen-bond acceptors (Lipinski definition) is 3. The van der Waals surface area contributed by atoms with Gasteiger partial charge in [0.15, 0.2) is 0 Å². The summed E-state index contributed by atoms with van der Waals surface area (Å²) in [6, 6.07) is 9.85. The predicted octanol–water partition coefficient (Wildman–Crippen LogP) is 4.66. The van der Waals surface area contributed by atoms with E-state index in [0.29, 0.717) is 0 Å². The van der Waals surface area contributed by atoms with Crippen LogP contribution in [-0.4, -0.2) is 28.2 Å². The molecule has 1 N–H and O–H groups in total. The second-order valence-electron chi connectivity index (χ2n) is 7.03. The van der Waals surface area contributed by atoms with Crippen molar-refractivity contribution in [2.45, 2.75) is 65.1 Å². The predicted molar refractivity (Wildman–Crippen MR) is 95.4 cm³/mol. The highest BCUT2D eigenvalue weighted by molar-refractivity contribution is 5.69. The number of carbonyl (C=O) groups excluding carboxylic acids is 1. The summed E-state index contributed by atoms with van der Waals surface area (Å²) in [7, 11) is 0. The molecule has 0 heterocycles. The zero-order valence-corrected chi connectivity index (χ0v) is 15.1. The van der Waals surface area contributed by atoms with Crippen molar-refractivity contribution in [2.24, 2.45) is 5.92 Å². The summed E-state index contributed by atoms with van der Waals surface area (Å²) in [5.41, 5.74) is 1.93. The Kier molecular flexibility index (Phi) is 6.44. The lowest BCUT2D eigenvalue weighted by Crippen LogP contribution is -2.41. The maximum Gasteiger partial charge on any atom is 0.415 e. The van der Waals surface area contributed by atoms with E-state index in [2.05, 4.69) is 0 Å². The Morgan fingerprint density at radius 2 is 1.83 bits per heavy atom. The van der Waals surface area contributed by atoms with Gasteiger partial charge in [0.25, 0.3) is 0 Å². The zero-order chi connectivity index (χ0) is 17.7. The van der Waals surface area contributed by atoms with Gasteiger partial charge in [-0.05, 0) is 58.1 Å². The largest absolute Gasteiger partial charge is 0.418 e. The van der Waals surface area contributed by atoms with E-state index in [-0.39, 0.29) is 24.1 Å². The SMILES string of the molecule is CC(C)N(C(=O)O/C=C1/CCC[C@@H]1[C@H](O)c1ccccc1)C(C)C. The van der Waals surface area contributed by atoms with Crippen LogP contribution in [0.25, 0.3) is 0 Å². The van der Waals surface area contributed by atoms with Crippen molar-refractivity contribution in [1.82, 2.24) is 4.90 Å². The first-order valence-electron chi connectivity index (χ1n) is 8.82. The van der Waals surface area contributed by atoms with Crippen LogP contribution in [0.5, 0.6) is 0 Å². The van der Waals surface area contributed by atoms with Crippen LogP contribution in [0.4, 0.5) is 4.79 Å². The minimum Gasteiger partial charge on any atom is -0.418 e. The van der Waals surface area contributed by atoms with Crippen molar-refractivity contribution in [1.29, 1.82) is 0 Å². The fraction of sp³-hybridized carbons (Fsp3) is 0.550. The quantitative estimate of drug-likeness (QED) is 0.798. The molecule has 1 aliphatic rings. The molecule has 4 heteroatoms. The van der Waals surface area contributed by atoms with Crippen molar-refractivity contribution >= 4 is 6.09 Å². The molecular formula is C20H29NO3. The second kappa shape index (κ2) is 8.34. The maximum absolute atomic E-state index is 12.3. The van der Waals surface area contributed by atoms with Crippen LogP contribution in [0.2, 0.25) is 0 Å². The standard InChI is InChI=1S/C20H29NO3/c1-14(2)21(15(3)4)20(23)24-13-17-11-8-12-18(17)19(22)16-9-6-5-7-10-16/h5-7,9-10,13-15,18-19,22H,8,11-12H2,1-4H3/b17-13-/t18-,19+/m0/s1. The third-order valence-electron chi connectivity index (χ3n) is 4.61. The maximum atomic E-state index is 12.3. The Bertz CT molecular complexity index is 558. The summed E-state index contributed by atoms with van der Waals surface area (Å²) in [6.07, 6.45) is 3.49. The van der Waals surface area contributed by atoms with Crippen molar-refractivity contribution in [3.63, 3.8) is 0 Å². The van der Waals surface area contributed by atoms with E-state index in [1.54, 1.807) is 11.2 Å². The molecular weight excluding hydrogens is 302 g/mol. The number of aliphatic hydroxyl groups is 1. The highest BCUT2D eigenvalue weighted by atomic mass is 16.5. The van der Waals surface area contributed by atoms with Gasteiger partial charge in [-0.2, -0.15) is 0 Å². The Balaban J connectivity index is 2.07. The van der Waals surface area contributed by atoms with Gasteiger partial charge < -0.3 is 14.7 Å². The Labute approximate surface area is 145 Å². The summed E-state index contributed by atoms with van der Waals surface area (Å²) < 4.78 is 5.44. The van der Waals surface area contributed by atoms with Gasteiger partial charge in [-0.3, -0.25) is 0 Å². The normalized spacial score (nSPS) is 20.6. The number of hydrogen-bond donors (Lipinski definition) is 1. The van der Waals surface area contributed by atoms with E-state index in [0.717, 1.165) is 30.4 Å². The Morgan fingerprint density at radius 3 is 2.42 bits per heavy atom. The minimum atomic E-state index is -0.551. The topological polar surface area (TPSA) is 49.8 Å². The van der Waals surface area contributed by atoms with Crippen molar-refractivity contribution < 1.29 is 14.6 Å². The van der Waals surface area contributed by atoms with E-state index in [1.165, 1.54) is 0 Å². The number of carbonyl (C=O) groups is 1. The van der Waals surface area contributed by atoms with Crippen LogP contribution in [0.3, 0.4) is 0 Å². The molecule has 2 atom stereocenters. The molecule has 0 radical (unpaired) electrons. The highest BCUT2D eigenvalue weighted by Gasteiger charge is 2.30. The lowest BCUT2D eigenvalue weighted by molar-refractivity contribution is 0.104. The van der Waals surface area contributed by atoms with E-state index in [1.807, 2.05) is 58.0 Å². The number of aliphatic hydroxyl groups excluding tert-OH is 1. The summed E-state index contributed by atoms with van der Waals surface area (Å²) >= 11 is 0. The van der Waals surface area contributed by atoms with Crippen molar-refractivity contribution in [3.05, 3.63) is 47.7 Å². The van der Waals surface area contributed by atoms with Gasteiger partial charge in [0.05, 0.1) is 12.4 Å². The molecule has 0 unspecified atom stereocenters. The monoisotopic (exact) mass is 331 g/mol. The first-order valence-corrected chi connectivity index (χ1v) is 8.82. The van der Waals surface area contributed by atoms with Gasteiger partial charge in [-0.1, -0.05) is 30.3 Å². The molecule has 1 aromatic carbocycles. The third-order valence-corrected chi connectivity index (χ3v) is 4.61. The molecule has 1 fully saturated rings. The van der Waals surface area contributed by atoms with E-state index < -0.39 is 6.10 Å². The Morgan fingerprint density at radius 1 is 1.21 bits per heavy atom. The molecule has 0 bridgehead atoms. The van der Waals surface area contributed by atoms with Crippen molar-refractivity contribution in [3.8, 4) is 0 Å². The van der Waals surface area contributed by atoms with Crippen LogP contribution in [-0.2, 0) is 4.74 Å². The van der Waals surface area contributed by atoms with Crippen LogP contribution >= 0.6 is 0 Å². The molecule has 24 heavy (non-hydrogen) atoms. The minimum absolute atomic E-state index is 0.0201. The smallest absolute Gasteiger partial charge is 0.415 e. The Hall–Kier alpha value is -1.81. The molecule has 132 valence electrons. The fourth-order valence-corrected chi connectivity index (χ4v) is 3.49. The molecule has 1 amide bonds. The molecule has 1 aliphatic carbocycles. The summed E-state index contributed by atoms with van der Waals surface area (Å²) in [5.74, 6) is 0.0201. The number of amides is 1. The van der Waals surface area contributed by atoms with Crippen LogP contribution < -0.4 is 0 Å². The van der Waals surface area contributed by atoms with E-state index in [9.17, 15) is 9.90 Å². The van der Waals surface area contributed by atoms with E-state index >= 15 is 0 Å². The van der Waals surface area contributed by atoms with Crippen molar-refractivity contribution in [2.75, 3.05) is 0 Å². The second-order valence-corrected chi connectivity index (χ2v) is 7.03.